The van der Waals surface area contributed by atoms with Crippen LogP contribution in [0.2, 0.25) is 0 Å². The third-order valence-corrected chi connectivity index (χ3v) is 4.98. The van der Waals surface area contributed by atoms with E-state index in [9.17, 15) is 14.0 Å². The highest BCUT2D eigenvalue weighted by atomic mass is 19.1. The maximum atomic E-state index is 13.8. The van der Waals surface area contributed by atoms with Gasteiger partial charge in [0.2, 0.25) is 5.91 Å². The van der Waals surface area contributed by atoms with Crippen LogP contribution in [0.5, 0.6) is 0 Å². The Morgan fingerprint density at radius 2 is 1.92 bits per heavy atom. The van der Waals surface area contributed by atoms with Crippen LogP contribution in [0.4, 0.5) is 4.39 Å². The Balaban J connectivity index is 1.55. The van der Waals surface area contributed by atoms with Crippen molar-refractivity contribution in [3.8, 4) is 0 Å². The molecular weight excluding hydrogens is 325 g/mol. The van der Waals surface area contributed by atoms with E-state index < -0.39 is 5.82 Å². The molecule has 7 heteroatoms. The fraction of sp³-hybridized carbons (Fsp3) is 0.556. The average Bonchev–Trinajstić information content (AvgIpc) is 3.00. The molecule has 0 radical (unpaired) electrons. The summed E-state index contributed by atoms with van der Waals surface area (Å²) in [7, 11) is 1.63. The second-order valence-electron chi connectivity index (χ2n) is 6.43. The standard InChI is InChI=1S/C18H24FN3O3/c1-25-13-12-21-7-6-16(18(21)24)20-8-10-22(11-9-20)17(23)14-4-2-3-5-15(14)19/h2-5,16H,6-13H2,1H3. The number of piperazine rings is 1. The Morgan fingerprint density at radius 3 is 2.60 bits per heavy atom. The first-order valence-electron chi connectivity index (χ1n) is 8.67. The van der Waals surface area contributed by atoms with Crippen LogP contribution < -0.4 is 0 Å². The number of methoxy groups -OCH3 is 1. The minimum atomic E-state index is -0.491. The summed E-state index contributed by atoms with van der Waals surface area (Å²) < 4.78 is 18.8. The third-order valence-electron chi connectivity index (χ3n) is 4.98. The highest BCUT2D eigenvalue weighted by Crippen LogP contribution is 2.20. The van der Waals surface area contributed by atoms with Crippen LogP contribution in [0.1, 0.15) is 16.8 Å². The van der Waals surface area contributed by atoms with Crippen molar-refractivity contribution >= 4 is 11.8 Å². The van der Waals surface area contributed by atoms with E-state index >= 15 is 0 Å². The Morgan fingerprint density at radius 1 is 1.20 bits per heavy atom. The molecule has 0 aromatic heterocycles. The molecule has 0 bridgehead atoms. The van der Waals surface area contributed by atoms with E-state index in [-0.39, 0.29) is 23.4 Å². The summed E-state index contributed by atoms with van der Waals surface area (Å²) >= 11 is 0. The third kappa shape index (κ3) is 3.82. The van der Waals surface area contributed by atoms with Gasteiger partial charge in [0.15, 0.2) is 0 Å². The number of rotatable bonds is 5. The number of carbonyl (C=O) groups is 2. The van der Waals surface area contributed by atoms with E-state index in [1.807, 2.05) is 4.90 Å². The van der Waals surface area contributed by atoms with E-state index in [0.29, 0.717) is 39.3 Å². The summed E-state index contributed by atoms with van der Waals surface area (Å²) in [5.41, 5.74) is 0.110. The molecule has 1 atom stereocenters. The van der Waals surface area contributed by atoms with Crippen LogP contribution in [0.3, 0.4) is 0 Å². The van der Waals surface area contributed by atoms with Crippen molar-refractivity contribution in [3.63, 3.8) is 0 Å². The van der Waals surface area contributed by atoms with E-state index in [1.54, 1.807) is 24.1 Å². The molecule has 2 fully saturated rings. The van der Waals surface area contributed by atoms with Gasteiger partial charge in [-0.25, -0.2) is 4.39 Å². The zero-order valence-electron chi connectivity index (χ0n) is 14.5. The number of halogens is 1. The van der Waals surface area contributed by atoms with Gasteiger partial charge in [-0.2, -0.15) is 0 Å². The predicted octanol–water partition coefficient (Wildman–Crippen LogP) is 0.831. The normalized spacial score (nSPS) is 21.8. The molecule has 2 amide bonds. The lowest BCUT2D eigenvalue weighted by molar-refractivity contribution is -0.133. The number of hydrogen-bond donors (Lipinski definition) is 0. The largest absolute Gasteiger partial charge is 0.383 e. The van der Waals surface area contributed by atoms with E-state index in [2.05, 4.69) is 4.90 Å². The Bertz CT molecular complexity index is 632. The molecule has 2 heterocycles. The summed E-state index contributed by atoms with van der Waals surface area (Å²) in [6.07, 6.45) is 0.809. The summed E-state index contributed by atoms with van der Waals surface area (Å²) in [5.74, 6) is -0.627. The summed E-state index contributed by atoms with van der Waals surface area (Å²) in [6, 6.07) is 5.94. The first-order chi connectivity index (χ1) is 12.1. The second-order valence-corrected chi connectivity index (χ2v) is 6.43. The minimum absolute atomic E-state index is 0.109. The zero-order valence-corrected chi connectivity index (χ0v) is 14.5. The molecule has 25 heavy (non-hydrogen) atoms. The number of amides is 2. The predicted molar refractivity (Wildman–Crippen MR) is 90.7 cm³/mol. The zero-order chi connectivity index (χ0) is 17.8. The minimum Gasteiger partial charge on any atom is -0.383 e. The fourth-order valence-electron chi connectivity index (χ4n) is 3.53. The van der Waals surface area contributed by atoms with E-state index in [1.165, 1.54) is 12.1 Å². The van der Waals surface area contributed by atoms with E-state index in [4.69, 9.17) is 4.74 Å². The van der Waals surface area contributed by atoms with Crippen LogP contribution in [0.25, 0.3) is 0 Å². The molecular formula is C18H24FN3O3. The first-order valence-corrected chi connectivity index (χ1v) is 8.67. The molecule has 0 saturated carbocycles. The molecule has 6 nitrogen and oxygen atoms in total. The summed E-state index contributed by atoms with van der Waals surface area (Å²) in [6.45, 7) is 4.20. The molecule has 0 aliphatic carbocycles. The lowest BCUT2D eigenvalue weighted by Gasteiger charge is -2.37. The van der Waals surface area contributed by atoms with Gasteiger partial charge in [0.25, 0.3) is 5.91 Å². The molecule has 136 valence electrons. The molecule has 3 rings (SSSR count). The van der Waals surface area contributed by atoms with Crippen LogP contribution in [0, 0.1) is 5.82 Å². The molecule has 1 aromatic carbocycles. The monoisotopic (exact) mass is 349 g/mol. The summed E-state index contributed by atoms with van der Waals surface area (Å²) in [5, 5.41) is 0. The molecule has 0 N–H and O–H groups in total. The summed E-state index contributed by atoms with van der Waals surface area (Å²) in [4.78, 5) is 30.6. The van der Waals surface area contributed by atoms with Crippen molar-refractivity contribution in [1.29, 1.82) is 0 Å². The smallest absolute Gasteiger partial charge is 0.256 e. The SMILES string of the molecule is COCCN1CCC(N2CCN(C(=O)c3ccccc3F)CC2)C1=O. The molecule has 1 unspecified atom stereocenters. The van der Waals surface area contributed by atoms with Gasteiger partial charge >= 0.3 is 0 Å². The van der Waals surface area contributed by atoms with Crippen molar-refractivity contribution in [2.75, 3.05) is 53.0 Å². The number of ether oxygens (including phenoxy) is 1. The van der Waals surface area contributed by atoms with Crippen molar-refractivity contribution in [3.05, 3.63) is 35.6 Å². The second kappa shape index (κ2) is 7.93. The topological polar surface area (TPSA) is 53.1 Å². The number of hydrogen-bond acceptors (Lipinski definition) is 4. The van der Waals surface area contributed by atoms with Gasteiger partial charge in [-0.15, -0.1) is 0 Å². The number of carbonyl (C=O) groups excluding carboxylic acids is 2. The van der Waals surface area contributed by atoms with Crippen molar-refractivity contribution in [2.45, 2.75) is 12.5 Å². The fourth-order valence-corrected chi connectivity index (χ4v) is 3.53. The number of nitrogens with zero attached hydrogens (tertiary/aromatic N) is 3. The Labute approximate surface area is 147 Å². The Hall–Kier alpha value is -1.99. The van der Waals surface area contributed by atoms with Crippen LogP contribution in [0.15, 0.2) is 24.3 Å². The van der Waals surface area contributed by atoms with Crippen LogP contribution in [-0.2, 0) is 9.53 Å². The lowest BCUT2D eigenvalue weighted by Crippen LogP contribution is -2.54. The molecule has 2 aliphatic heterocycles. The van der Waals surface area contributed by atoms with Gasteiger partial charge in [-0.05, 0) is 18.6 Å². The van der Waals surface area contributed by atoms with Gasteiger partial charge < -0.3 is 14.5 Å². The molecule has 2 saturated heterocycles. The molecule has 2 aliphatic rings. The molecule has 1 aromatic rings. The number of likely N-dealkylation sites (tertiary alicyclic amines) is 1. The van der Waals surface area contributed by atoms with Crippen molar-refractivity contribution < 1.29 is 18.7 Å². The van der Waals surface area contributed by atoms with Gasteiger partial charge in [-0.3, -0.25) is 14.5 Å². The van der Waals surface area contributed by atoms with Crippen molar-refractivity contribution in [1.82, 2.24) is 14.7 Å². The first kappa shape index (κ1) is 17.8. The highest BCUT2D eigenvalue weighted by molar-refractivity contribution is 5.94. The lowest BCUT2D eigenvalue weighted by atomic mass is 10.1. The quantitative estimate of drug-likeness (QED) is 0.790. The Kier molecular flexibility index (Phi) is 5.65. The van der Waals surface area contributed by atoms with Crippen LogP contribution >= 0.6 is 0 Å². The maximum absolute atomic E-state index is 13.8. The number of benzene rings is 1. The van der Waals surface area contributed by atoms with Crippen molar-refractivity contribution in [2.24, 2.45) is 0 Å². The van der Waals surface area contributed by atoms with Gasteiger partial charge in [0.1, 0.15) is 5.82 Å². The maximum Gasteiger partial charge on any atom is 0.256 e. The highest BCUT2D eigenvalue weighted by Gasteiger charge is 2.37. The van der Waals surface area contributed by atoms with Gasteiger partial charge in [-0.1, -0.05) is 12.1 Å². The molecule has 0 spiro atoms. The van der Waals surface area contributed by atoms with E-state index in [0.717, 1.165) is 13.0 Å². The average molecular weight is 349 g/mol. The van der Waals surface area contributed by atoms with Gasteiger partial charge in [0, 0.05) is 46.4 Å². The van der Waals surface area contributed by atoms with Crippen LogP contribution in [-0.4, -0.2) is 85.5 Å². The van der Waals surface area contributed by atoms with Gasteiger partial charge in [0.05, 0.1) is 18.2 Å².